The molecule has 0 amide bonds. The van der Waals surface area contributed by atoms with E-state index in [0.29, 0.717) is 11.3 Å². The quantitative estimate of drug-likeness (QED) is 0.498. The molecule has 1 rings (SSSR count). The lowest BCUT2D eigenvalue weighted by Gasteiger charge is -2.08. The first-order chi connectivity index (χ1) is 7.60. The molecule has 5 heteroatoms. The molecule has 2 N–H and O–H groups in total. The number of halogens is 1. The molecule has 0 aliphatic rings. The lowest BCUT2D eigenvalue weighted by molar-refractivity contribution is 0.0602. The number of hydrogen-bond donors (Lipinski definition) is 1. The number of nitrogens with zero attached hydrogens (tertiary/aromatic N) is 1. The van der Waals surface area contributed by atoms with Crippen LogP contribution < -0.4 is 5.73 Å². The minimum atomic E-state index is -0.479. The third-order valence-corrected chi connectivity index (χ3v) is 2.16. The molecule has 0 unspecified atom stereocenters. The second-order valence-electron chi connectivity index (χ2n) is 3.25. The van der Waals surface area contributed by atoms with Crippen molar-refractivity contribution in [3.63, 3.8) is 0 Å². The van der Waals surface area contributed by atoms with Crippen LogP contribution in [0.1, 0.15) is 21.5 Å². The number of nitriles is 1. The number of carbonyl (C=O) groups excluding carboxylic acids is 1. The molecule has 0 aliphatic heterocycles. The Balaban J connectivity index is 0.00000256. The van der Waals surface area contributed by atoms with Crippen molar-refractivity contribution in [2.45, 2.75) is 6.92 Å². The molecular formula is C12H13ClN2O2. The zero-order chi connectivity index (χ0) is 12.1. The number of rotatable bonds is 2. The van der Waals surface area contributed by atoms with Crippen LogP contribution in [0.15, 0.2) is 18.2 Å². The highest BCUT2D eigenvalue weighted by molar-refractivity contribution is 5.96. The summed E-state index contributed by atoms with van der Waals surface area (Å²) in [6, 6.07) is 5.29. The third-order valence-electron chi connectivity index (χ3n) is 2.16. The average molecular weight is 253 g/mol. The molecule has 0 bridgehead atoms. The van der Waals surface area contributed by atoms with Gasteiger partial charge in [-0.25, -0.2) is 4.79 Å². The Morgan fingerprint density at radius 3 is 2.71 bits per heavy atom. The van der Waals surface area contributed by atoms with E-state index >= 15 is 0 Å². The van der Waals surface area contributed by atoms with Gasteiger partial charge >= 0.3 is 5.97 Å². The number of hydrogen-bond acceptors (Lipinski definition) is 4. The van der Waals surface area contributed by atoms with Gasteiger partial charge in [-0.3, -0.25) is 0 Å². The van der Waals surface area contributed by atoms with Gasteiger partial charge in [0.15, 0.2) is 0 Å². The van der Waals surface area contributed by atoms with Crippen LogP contribution >= 0.6 is 12.4 Å². The summed E-state index contributed by atoms with van der Waals surface area (Å²) in [6.07, 6.45) is 2.95. The highest BCUT2D eigenvalue weighted by Gasteiger charge is 2.12. The number of nitrogens with two attached hydrogens (primary N) is 1. The van der Waals surface area contributed by atoms with Gasteiger partial charge in [0, 0.05) is 11.8 Å². The van der Waals surface area contributed by atoms with Gasteiger partial charge in [-0.1, -0.05) is 0 Å². The summed E-state index contributed by atoms with van der Waals surface area (Å²) in [5, 5.41) is 8.42. The molecule has 0 atom stereocenters. The minimum Gasteiger partial charge on any atom is -0.465 e. The predicted octanol–water partition coefficient (Wildman–Crippen LogP) is 2.32. The van der Waals surface area contributed by atoms with Crippen LogP contribution in [0, 0.1) is 18.3 Å². The minimum absolute atomic E-state index is 0. The maximum Gasteiger partial charge on any atom is 0.339 e. The van der Waals surface area contributed by atoms with E-state index in [1.165, 1.54) is 13.2 Å². The zero-order valence-electron chi connectivity index (χ0n) is 9.56. The van der Waals surface area contributed by atoms with Crippen molar-refractivity contribution in [2.24, 2.45) is 0 Å². The van der Waals surface area contributed by atoms with E-state index in [9.17, 15) is 4.79 Å². The van der Waals surface area contributed by atoms with Crippen LogP contribution in [0.5, 0.6) is 0 Å². The van der Waals surface area contributed by atoms with Crippen LogP contribution in [0.4, 0.5) is 5.69 Å². The number of methoxy groups -OCH3 is 1. The molecule has 0 radical (unpaired) electrons. The fourth-order valence-electron chi connectivity index (χ4n) is 1.33. The van der Waals surface area contributed by atoms with Crippen molar-refractivity contribution in [3.8, 4) is 6.07 Å². The molecule has 4 nitrogen and oxygen atoms in total. The van der Waals surface area contributed by atoms with Crippen LogP contribution in [-0.4, -0.2) is 13.1 Å². The first-order valence-electron chi connectivity index (χ1n) is 4.64. The smallest absolute Gasteiger partial charge is 0.339 e. The summed E-state index contributed by atoms with van der Waals surface area (Å²) in [5.74, 6) is -0.479. The molecule has 1 aromatic carbocycles. The van der Waals surface area contributed by atoms with Crippen LogP contribution in [-0.2, 0) is 4.74 Å². The van der Waals surface area contributed by atoms with Gasteiger partial charge in [0.1, 0.15) is 0 Å². The van der Waals surface area contributed by atoms with Gasteiger partial charge in [-0.05, 0) is 36.3 Å². The summed E-state index contributed by atoms with van der Waals surface area (Å²) < 4.78 is 4.62. The molecule has 90 valence electrons. The first kappa shape index (κ1) is 15.0. The maximum atomic E-state index is 11.4. The Morgan fingerprint density at radius 1 is 1.53 bits per heavy atom. The van der Waals surface area contributed by atoms with Crippen molar-refractivity contribution >= 4 is 30.1 Å². The average Bonchev–Trinajstić information content (AvgIpc) is 2.29. The second-order valence-corrected chi connectivity index (χ2v) is 3.25. The zero-order valence-corrected chi connectivity index (χ0v) is 10.4. The molecule has 0 aliphatic carbocycles. The molecule has 0 heterocycles. The third kappa shape index (κ3) is 3.51. The highest BCUT2D eigenvalue weighted by Crippen LogP contribution is 2.21. The molecule has 0 spiro atoms. The van der Waals surface area contributed by atoms with Crippen molar-refractivity contribution in [1.29, 1.82) is 5.26 Å². The van der Waals surface area contributed by atoms with Gasteiger partial charge in [0.05, 0.1) is 18.7 Å². The van der Waals surface area contributed by atoms with E-state index in [1.807, 2.05) is 6.07 Å². The molecular weight excluding hydrogens is 240 g/mol. The van der Waals surface area contributed by atoms with E-state index < -0.39 is 5.97 Å². The summed E-state index contributed by atoms with van der Waals surface area (Å²) in [5.41, 5.74) is 8.01. The number of ether oxygens (including phenoxy) is 1. The monoisotopic (exact) mass is 252 g/mol. The number of anilines is 1. The molecule has 0 fully saturated rings. The van der Waals surface area contributed by atoms with E-state index in [4.69, 9.17) is 11.0 Å². The fraction of sp³-hybridized carbons (Fsp3) is 0.167. The summed E-state index contributed by atoms with van der Waals surface area (Å²) in [4.78, 5) is 11.4. The summed E-state index contributed by atoms with van der Waals surface area (Å²) in [6.45, 7) is 1.80. The van der Waals surface area contributed by atoms with Crippen LogP contribution in [0.25, 0.3) is 6.08 Å². The van der Waals surface area contributed by atoms with E-state index in [1.54, 1.807) is 25.1 Å². The van der Waals surface area contributed by atoms with Crippen LogP contribution in [0.3, 0.4) is 0 Å². The van der Waals surface area contributed by atoms with Gasteiger partial charge in [-0.2, -0.15) is 5.26 Å². The number of allylic oxidation sites excluding steroid dienone is 1. The van der Waals surface area contributed by atoms with E-state index in [2.05, 4.69) is 4.74 Å². The Bertz CT molecular complexity index is 490. The van der Waals surface area contributed by atoms with Crippen molar-refractivity contribution in [1.82, 2.24) is 0 Å². The lowest BCUT2D eigenvalue weighted by atomic mass is 10.0. The molecule has 17 heavy (non-hydrogen) atoms. The van der Waals surface area contributed by atoms with Crippen molar-refractivity contribution < 1.29 is 9.53 Å². The van der Waals surface area contributed by atoms with Crippen LogP contribution in [0.2, 0.25) is 0 Å². The summed E-state index contributed by atoms with van der Waals surface area (Å²) in [7, 11) is 1.30. The Kier molecular flexibility index (Phi) is 5.79. The Morgan fingerprint density at radius 2 is 2.18 bits per heavy atom. The van der Waals surface area contributed by atoms with E-state index in [0.717, 1.165) is 11.1 Å². The van der Waals surface area contributed by atoms with Gasteiger partial charge in [0.25, 0.3) is 0 Å². The number of carbonyl (C=O) groups is 1. The topological polar surface area (TPSA) is 76.1 Å². The molecule has 1 aromatic rings. The van der Waals surface area contributed by atoms with Gasteiger partial charge in [0.2, 0.25) is 0 Å². The SMILES string of the molecule is COC(=O)c1cc(/C=C/C#N)cc(C)c1N.Cl. The molecule has 0 aromatic heterocycles. The Hall–Kier alpha value is -1.99. The molecule has 0 saturated heterocycles. The highest BCUT2D eigenvalue weighted by atomic mass is 35.5. The number of nitrogen functional groups attached to an aromatic ring is 1. The largest absolute Gasteiger partial charge is 0.465 e. The number of aryl methyl sites for hydroxylation is 1. The normalized spacial score (nSPS) is 9.47. The number of benzene rings is 1. The molecule has 0 saturated carbocycles. The lowest BCUT2D eigenvalue weighted by Crippen LogP contribution is -2.07. The Labute approximate surface area is 106 Å². The first-order valence-corrected chi connectivity index (χ1v) is 4.64. The standard InChI is InChI=1S/C12H12N2O2.ClH/c1-8-6-9(4-3-5-13)7-10(11(8)14)12(15)16-2;/h3-4,6-7H,14H2,1-2H3;1H/b4-3+;. The number of esters is 1. The predicted molar refractivity (Wildman–Crippen MR) is 68.8 cm³/mol. The second kappa shape index (κ2) is 6.56. The van der Waals surface area contributed by atoms with Gasteiger partial charge < -0.3 is 10.5 Å². The maximum absolute atomic E-state index is 11.4. The van der Waals surface area contributed by atoms with Crippen molar-refractivity contribution in [3.05, 3.63) is 34.9 Å². The summed E-state index contributed by atoms with van der Waals surface area (Å²) >= 11 is 0. The van der Waals surface area contributed by atoms with Crippen molar-refractivity contribution in [2.75, 3.05) is 12.8 Å². The van der Waals surface area contributed by atoms with E-state index in [-0.39, 0.29) is 12.4 Å². The fourth-order valence-corrected chi connectivity index (χ4v) is 1.33. The van der Waals surface area contributed by atoms with Gasteiger partial charge in [-0.15, -0.1) is 12.4 Å².